The summed E-state index contributed by atoms with van der Waals surface area (Å²) in [4.78, 5) is 8.40. The Bertz CT molecular complexity index is 621. The van der Waals surface area contributed by atoms with Gasteiger partial charge < -0.3 is 9.88 Å². The molecule has 5 nitrogen and oxygen atoms in total. The lowest BCUT2D eigenvalue weighted by molar-refractivity contribution is 0.670. The fourth-order valence-corrected chi connectivity index (χ4v) is 1.98. The zero-order valence-corrected chi connectivity index (χ0v) is 11.4. The van der Waals surface area contributed by atoms with Crippen LogP contribution < -0.4 is 5.32 Å². The minimum absolute atomic E-state index is 0.687. The standard InChI is InChI=1S/C14H17N5/c1-10-12(6-14(7-15)19(10)3)8-16-9-13-4-5-17-11(2)18-13/h4-6,16H,8-9H2,1-3H3. The van der Waals surface area contributed by atoms with Gasteiger partial charge in [-0.1, -0.05) is 0 Å². The summed E-state index contributed by atoms with van der Waals surface area (Å²) in [7, 11) is 1.91. The molecule has 0 fully saturated rings. The zero-order chi connectivity index (χ0) is 13.8. The zero-order valence-electron chi connectivity index (χ0n) is 11.4. The van der Waals surface area contributed by atoms with Gasteiger partial charge >= 0.3 is 0 Å². The van der Waals surface area contributed by atoms with Crippen molar-refractivity contribution in [2.75, 3.05) is 0 Å². The number of nitrogens with one attached hydrogen (secondary N) is 1. The Balaban J connectivity index is 1.98. The van der Waals surface area contributed by atoms with Gasteiger partial charge in [0.15, 0.2) is 0 Å². The maximum Gasteiger partial charge on any atom is 0.125 e. The van der Waals surface area contributed by atoms with Gasteiger partial charge in [-0.15, -0.1) is 0 Å². The van der Waals surface area contributed by atoms with E-state index in [9.17, 15) is 0 Å². The Hall–Kier alpha value is -2.19. The van der Waals surface area contributed by atoms with Gasteiger partial charge in [-0.3, -0.25) is 0 Å². The number of hydrogen-bond donors (Lipinski definition) is 1. The van der Waals surface area contributed by atoms with Crippen molar-refractivity contribution < 1.29 is 0 Å². The molecule has 0 unspecified atom stereocenters. The summed E-state index contributed by atoms with van der Waals surface area (Å²) < 4.78 is 1.91. The van der Waals surface area contributed by atoms with Gasteiger partial charge in [0.1, 0.15) is 17.6 Å². The Morgan fingerprint density at radius 3 is 2.79 bits per heavy atom. The second kappa shape index (κ2) is 5.63. The predicted octanol–water partition coefficient (Wildman–Crippen LogP) is 1.59. The van der Waals surface area contributed by atoms with Gasteiger partial charge in [-0.05, 0) is 31.5 Å². The Labute approximate surface area is 112 Å². The molecular weight excluding hydrogens is 238 g/mol. The van der Waals surface area contributed by atoms with Crippen LogP contribution in [0.2, 0.25) is 0 Å². The smallest absolute Gasteiger partial charge is 0.125 e. The van der Waals surface area contributed by atoms with Gasteiger partial charge in [-0.2, -0.15) is 5.26 Å². The van der Waals surface area contributed by atoms with Crippen LogP contribution >= 0.6 is 0 Å². The first-order valence-electron chi connectivity index (χ1n) is 6.16. The van der Waals surface area contributed by atoms with E-state index in [-0.39, 0.29) is 0 Å². The molecule has 0 radical (unpaired) electrons. The Morgan fingerprint density at radius 1 is 1.37 bits per heavy atom. The molecule has 0 aliphatic heterocycles. The van der Waals surface area contributed by atoms with E-state index >= 15 is 0 Å². The minimum atomic E-state index is 0.687. The SMILES string of the molecule is Cc1nccc(CNCc2cc(C#N)n(C)c2C)n1. The molecule has 2 heterocycles. The first kappa shape index (κ1) is 13.2. The van der Waals surface area contributed by atoms with Crippen LogP contribution in [-0.4, -0.2) is 14.5 Å². The minimum Gasteiger partial charge on any atom is -0.340 e. The number of rotatable bonds is 4. The number of nitriles is 1. The van der Waals surface area contributed by atoms with Gasteiger partial charge in [0.2, 0.25) is 0 Å². The number of nitrogens with zero attached hydrogens (tertiary/aromatic N) is 4. The molecule has 0 aliphatic carbocycles. The molecule has 98 valence electrons. The second-order valence-electron chi connectivity index (χ2n) is 4.51. The van der Waals surface area contributed by atoms with E-state index < -0.39 is 0 Å². The molecule has 0 spiro atoms. The molecule has 2 rings (SSSR count). The number of aromatic nitrogens is 3. The van der Waals surface area contributed by atoms with Crippen LogP contribution in [0.5, 0.6) is 0 Å². The largest absolute Gasteiger partial charge is 0.340 e. The average Bonchev–Trinajstić information content (AvgIpc) is 2.67. The van der Waals surface area contributed by atoms with Crippen LogP contribution in [0, 0.1) is 25.2 Å². The van der Waals surface area contributed by atoms with Crippen LogP contribution in [0.1, 0.15) is 28.5 Å². The van der Waals surface area contributed by atoms with E-state index in [4.69, 9.17) is 5.26 Å². The molecule has 0 amide bonds. The van der Waals surface area contributed by atoms with Crippen molar-refractivity contribution in [3.63, 3.8) is 0 Å². The lowest BCUT2D eigenvalue weighted by Crippen LogP contribution is -2.14. The lowest BCUT2D eigenvalue weighted by atomic mass is 10.2. The first-order valence-corrected chi connectivity index (χ1v) is 6.16. The van der Waals surface area contributed by atoms with Crippen molar-refractivity contribution in [2.24, 2.45) is 7.05 Å². The lowest BCUT2D eigenvalue weighted by Gasteiger charge is -2.05. The first-order chi connectivity index (χ1) is 9.11. The van der Waals surface area contributed by atoms with Crippen molar-refractivity contribution >= 4 is 0 Å². The third-order valence-corrected chi connectivity index (χ3v) is 3.21. The predicted molar refractivity (Wildman–Crippen MR) is 72.2 cm³/mol. The molecule has 0 aromatic carbocycles. The molecule has 5 heteroatoms. The normalized spacial score (nSPS) is 10.4. The maximum absolute atomic E-state index is 8.98. The summed E-state index contributed by atoms with van der Waals surface area (Å²) >= 11 is 0. The van der Waals surface area contributed by atoms with Crippen LogP contribution in [0.3, 0.4) is 0 Å². The fourth-order valence-electron chi connectivity index (χ4n) is 1.98. The summed E-state index contributed by atoms with van der Waals surface area (Å²) in [6.45, 7) is 5.32. The quantitative estimate of drug-likeness (QED) is 0.901. The summed E-state index contributed by atoms with van der Waals surface area (Å²) in [5.41, 5.74) is 3.92. The molecule has 0 bridgehead atoms. The van der Waals surface area contributed by atoms with Crippen molar-refractivity contribution in [3.8, 4) is 6.07 Å². The van der Waals surface area contributed by atoms with Crippen molar-refractivity contribution in [1.82, 2.24) is 19.9 Å². The van der Waals surface area contributed by atoms with E-state index in [1.54, 1.807) is 6.20 Å². The fraction of sp³-hybridized carbons (Fsp3) is 0.357. The monoisotopic (exact) mass is 255 g/mol. The highest BCUT2D eigenvalue weighted by Gasteiger charge is 2.08. The molecular formula is C14H17N5. The Morgan fingerprint density at radius 2 is 2.16 bits per heavy atom. The molecule has 0 saturated carbocycles. The highest BCUT2D eigenvalue weighted by Crippen LogP contribution is 2.13. The number of hydrogen-bond acceptors (Lipinski definition) is 4. The van der Waals surface area contributed by atoms with Crippen LogP contribution in [-0.2, 0) is 20.1 Å². The van der Waals surface area contributed by atoms with Gasteiger partial charge in [0.25, 0.3) is 0 Å². The Kier molecular flexibility index (Phi) is 3.93. The van der Waals surface area contributed by atoms with Gasteiger partial charge in [0, 0.05) is 32.0 Å². The van der Waals surface area contributed by atoms with E-state index in [1.807, 2.05) is 37.6 Å². The maximum atomic E-state index is 8.98. The summed E-state index contributed by atoms with van der Waals surface area (Å²) in [6, 6.07) is 6.01. The average molecular weight is 255 g/mol. The number of aryl methyl sites for hydroxylation is 1. The molecule has 2 aromatic heterocycles. The molecule has 1 N–H and O–H groups in total. The van der Waals surface area contributed by atoms with Crippen molar-refractivity contribution in [1.29, 1.82) is 5.26 Å². The molecule has 2 aromatic rings. The van der Waals surface area contributed by atoms with Crippen LogP contribution in [0.15, 0.2) is 18.3 Å². The molecule has 0 aliphatic rings. The second-order valence-corrected chi connectivity index (χ2v) is 4.51. The summed E-state index contributed by atoms with van der Waals surface area (Å²) in [6.07, 6.45) is 1.76. The summed E-state index contributed by atoms with van der Waals surface area (Å²) in [5, 5.41) is 12.3. The highest BCUT2D eigenvalue weighted by molar-refractivity contribution is 5.34. The van der Waals surface area contributed by atoms with E-state index in [0.29, 0.717) is 12.2 Å². The van der Waals surface area contributed by atoms with Crippen molar-refractivity contribution in [3.05, 3.63) is 46.8 Å². The molecule has 0 saturated heterocycles. The third kappa shape index (κ3) is 2.98. The van der Waals surface area contributed by atoms with E-state index in [0.717, 1.165) is 29.3 Å². The van der Waals surface area contributed by atoms with E-state index in [2.05, 4.69) is 21.4 Å². The highest BCUT2D eigenvalue weighted by atomic mass is 15.0. The van der Waals surface area contributed by atoms with E-state index in [1.165, 1.54) is 0 Å². The molecule has 19 heavy (non-hydrogen) atoms. The summed E-state index contributed by atoms with van der Waals surface area (Å²) in [5.74, 6) is 0.780. The van der Waals surface area contributed by atoms with Gasteiger partial charge in [0.05, 0.1) is 5.69 Å². The topological polar surface area (TPSA) is 66.5 Å². The van der Waals surface area contributed by atoms with Gasteiger partial charge in [-0.25, -0.2) is 9.97 Å². The molecule has 0 atom stereocenters. The van der Waals surface area contributed by atoms with Crippen LogP contribution in [0.25, 0.3) is 0 Å². The van der Waals surface area contributed by atoms with Crippen molar-refractivity contribution in [2.45, 2.75) is 26.9 Å². The van der Waals surface area contributed by atoms with Crippen LogP contribution in [0.4, 0.5) is 0 Å². The third-order valence-electron chi connectivity index (χ3n) is 3.21.